The van der Waals surface area contributed by atoms with E-state index in [9.17, 15) is 4.79 Å². The number of hydrogen-bond donors (Lipinski definition) is 0. The number of nitrogens with zero attached hydrogens (tertiary/aromatic N) is 3. The third kappa shape index (κ3) is 2.58. The van der Waals surface area contributed by atoms with Gasteiger partial charge in [0.05, 0.1) is 18.1 Å². The van der Waals surface area contributed by atoms with E-state index in [4.69, 9.17) is 4.74 Å². The summed E-state index contributed by atoms with van der Waals surface area (Å²) in [6, 6.07) is 7.38. The van der Waals surface area contributed by atoms with Crippen molar-refractivity contribution >= 4 is 19.7 Å². The molecular weight excluding hydrogens is 258 g/mol. The lowest BCUT2D eigenvalue weighted by Crippen LogP contribution is -2.41. The lowest BCUT2D eigenvalue weighted by Gasteiger charge is -2.12. The Labute approximate surface area is 113 Å². The molecule has 0 amide bonds. The van der Waals surface area contributed by atoms with Crippen molar-refractivity contribution in [1.82, 2.24) is 15.0 Å². The summed E-state index contributed by atoms with van der Waals surface area (Å²) >= 11 is 0. The van der Waals surface area contributed by atoms with E-state index in [1.54, 1.807) is 11.8 Å². The van der Waals surface area contributed by atoms with E-state index in [0.717, 1.165) is 23.0 Å². The van der Waals surface area contributed by atoms with Crippen molar-refractivity contribution in [2.75, 3.05) is 7.11 Å². The van der Waals surface area contributed by atoms with Crippen molar-refractivity contribution in [3.05, 3.63) is 30.0 Å². The Hall–Kier alpha value is -1.95. The van der Waals surface area contributed by atoms with Gasteiger partial charge in [-0.25, -0.2) is 4.68 Å². The highest BCUT2D eigenvalue weighted by Crippen LogP contribution is 2.15. The molecule has 2 aromatic rings. The lowest BCUT2D eigenvalue weighted by atomic mass is 10.3. The molecule has 1 aromatic carbocycles. The van der Waals surface area contributed by atoms with Crippen LogP contribution < -0.4 is 10.1 Å². The number of hydrogen-bond acceptors (Lipinski definition) is 4. The SMILES string of the molecule is COc1ccc(-n2nnc([Si](C)(C)C)c2C=O)cc1. The maximum Gasteiger partial charge on any atom is 0.170 e. The fourth-order valence-corrected chi connectivity index (χ4v) is 3.12. The third-order valence-corrected chi connectivity index (χ3v) is 4.62. The molecule has 1 aromatic heterocycles. The van der Waals surface area contributed by atoms with Gasteiger partial charge in [-0.05, 0) is 24.3 Å². The van der Waals surface area contributed by atoms with Crippen LogP contribution in [0.5, 0.6) is 5.75 Å². The van der Waals surface area contributed by atoms with E-state index in [2.05, 4.69) is 30.0 Å². The van der Waals surface area contributed by atoms with Gasteiger partial charge in [-0.1, -0.05) is 24.9 Å². The zero-order valence-electron chi connectivity index (χ0n) is 11.5. The summed E-state index contributed by atoms with van der Waals surface area (Å²) in [5, 5.41) is 9.13. The number of ether oxygens (including phenoxy) is 1. The highest BCUT2D eigenvalue weighted by Gasteiger charge is 2.26. The van der Waals surface area contributed by atoms with E-state index < -0.39 is 8.07 Å². The molecule has 6 heteroatoms. The van der Waals surface area contributed by atoms with Gasteiger partial charge in [0.2, 0.25) is 0 Å². The normalized spacial score (nSPS) is 11.4. The molecule has 1 heterocycles. The molecule has 2 rings (SSSR count). The molecule has 0 aliphatic rings. The second kappa shape index (κ2) is 4.97. The maximum atomic E-state index is 11.3. The van der Waals surface area contributed by atoms with Crippen LogP contribution in [0.3, 0.4) is 0 Å². The summed E-state index contributed by atoms with van der Waals surface area (Å²) in [5.41, 5.74) is 1.35. The first-order chi connectivity index (χ1) is 8.97. The van der Waals surface area contributed by atoms with Gasteiger partial charge < -0.3 is 4.74 Å². The summed E-state index contributed by atoms with van der Waals surface area (Å²) in [4.78, 5) is 11.3. The second-order valence-electron chi connectivity index (χ2n) is 5.30. The standard InChI is InChI=1S/C13H17N3O2Si/c1-18-11-7-5-10(6-8-11)16-12(9-17)13(14-15-16)19(2,3)4/h5-9H,1-4H3. The summed E-state index contributed by atoms with van der Waals surface area (Å²) in [5.74, 6) is 0.766. The van der Waals surface area contributed by atoms with Crippen LogP contribution in [0.4, 0.5) is 0 Å². The Balaban J connectivity index is 2.50. The van der Waals surface area contributed by atoms with Crippen molar-refractivity contribution in [2.45, 2.75) is 19.6 Å². The van der Waals surface area contributed by atoms with Gasteiger partial charge in [0.25, 0.3) is 0 Å². The minimum absolute atomic E-state index is 0.546. The Morgan fingerprint density at radius 1 is 1.21 bits per heavy atom. The molecule has 0 N–H and O–H groups in total. The molecule has 19 heavy (non-hydrogen) atoms. The molecule has 0 spiro atoms. The molecule has 0 aliphatic carbocycles. The van der Waals surface area contributed by atoms with Crippen molar-refractivity contribution in [3.8, 4) is 11.4 Å². The molecule has 0 aliphatic heterocycles. The number of aldehydes is 1. The Bertz CT molecular complexity index is 585. The summed E-state index contributed by atoms with van der Waals surface area (Å²) in [6.07, 6.45) is 0.831. The zero-order valence-corrected chi connectivity index (χ0v) is 12.5. The molecule has 0 saturated carbocycles. The first-order valence-corrected chi connectivity index (χ1v) is 9.53. The molecule has 5 nitrogen and oxygen atoms in total. The largest absolute Gasteiger partial charge is 0.497 e. The van der Waals surface area contributed by atoms with Crippen LogP contribution in [-0.4, -0.2) is 36.5 Å². The van der Waals surface area contributed by atoms with Crippen LogP contribution in [0.15, 0.2) is 24.3 Å². The number of carbonyl (C=O) groups is 1. The van der Waals surface area contributed by atoms with E-state index >= 15 is 0 Å². The number of aromatic nitrogens is 3. The van der Waals surface area contributed by atoms with Crippen LogP contribution in [-0.2, 0) is 0 Å². The van der Waals surface area contributed by atoms with E-state index in [1.165, 1.54) is 0 Å². The summed E-state index contributed by atoms with van der Waals surface area (Å²) in [6.45, 7) is 6.42. The number of rotatable bonds is 4. The first kappa shape index (κ1) is 13.5. The van der Waals surface area contributed by atoms with Gasteiger partial charge >= 0.3 is 0 Å². The van der Waals surface area contributed by atoms with Gasteiger partial charge in [0, 0.05) is 0 Å². The molecule has 0 bridgehead atoms. The van der Waals surface area contributed by atoms with Crippen molar-refractivity contribution in [2.24, 2.45) is 0 Å². The van der Waals surface area contributed by atoms with Crippen LogP contribution in [0.2, 0.25) is 19.6 Å². The van der Waals surface area contributed by atoms with Gasteiger partial charge in [0.1, 0.15) is 19.5 Å². The van der Waals surface area contributed by atoms with E-state index in [0.29, 0.717) is 5.69 Å². The molecule has 0 atom stereocenters. The summed E-state index contributed by atoms with van der Waals surface area (Å²) < 4.78 is 6.70. The van der Waals surface area contributed by atoms with Crippen LogP contribution in [0.25, 0.3) is 5.69 Å². The predicted molar refractivity (Wildman–Crippen MR) is 76.3 cm³/mol. The van der Waals surface area contributed by atoms with Crippen molar-refractivity contribution in [1.29, 1.82) is 0 Å². The molecule has 0 unspecified atom stereocenters. The fourth-order valence-electron chi connectivity index (χ4n) is 1.84. The lowest BCUT2D eigenvalue weighted by molar-refractivity contribution is 0.111. The Morgan fingerprint density at radius 3 is 2.32 bits per heavy atom. The highest BCUT2D eigenvalue weighted by molar-refractivity contribution is 6.88. The topological polar surface area (TPSA) is 57.0 Å². The van der Waals surface area contributed by atoms with Gasteiger partial charge in [-0.15, -0.1) is 5.10 Å². The van der Waals surface area contributed by atoms with E-state index in [-0.39, 0.29) is 0 Å². The monoisotopic (exact) mass is 275 g/mol. The third-order valence-electron chi connectivity index (χ3n) is 2.84. The fraction of sp³-hybridized carbons (Fsp3) is 0.308. The average Bonchev–Trinajstić information content (AvgIpc) is 2.82. The minimum atomic E-state index is -1.68. The van der Waals surface area contributed by atoms with Crippen LogP contribution in [0.1, 0.15) is 10.5 Å². The highest BCUT2D eigenvalue weighted by atomic mass is 28.3. The predicted octanol–water partition coefficient (Wildman–Crippen LogP) is 1.63. The molecular formula is C13H17N3O2Si. The quantitative estimate of drug-likeness (QED) is 0.628. The number of methoxy groups -OCH3 is 1. The summed E-state index contributed by atoms with van der Waals surface area (Å²) in [7, 11) is -0.0634. The molecule has 100 valence electrons. The van der Waals surface area contributed by atoms with Gasteiger partial charge in [-0.3, -0.25) is 4.79 Å². The first-order valence-electron chi connectivity index (χ1n) is 6.03. The Kier molecular flexibility index (Phi) is 3.52. The number of benzene rings is 1. The van der Waals surface area contributed by atoms with Gasteiger partial charge in [-0.2, -0.15) is 0 Å². The molecule has 0 radical (unpaired) electrons. The van der Waals surface area contributed by atoms with E-state index in [1.807, 2.05) is 24.3 Å². The smallest absolute Gasteiger partial charge is 0.170 e. The van der Waals surface area contributed by atoms with Crippen LogP contribution >= 0.6 is 0 Å². The minimum Gasteiger partial charge on any atom is -0.497 e. The Morgan fingerprint density at radius 2 is 1.84 bits per heavy atom. The van der Waals surface area contributed by atoms with Gasteiger partial charge in [0.15, 0.2) is 6.29 Å². The average molecular weight is 275 g/mol. The van der Waals surface area contributed by atoms with Crippen molar-refractivity contribution < 1.29 is 9.53 Å². The second-order valence-corrected chi connectivity index (χ2v) is 10.3. The zero-order chi connectivity index (χ0) is 14.0. The molecule has 0 fully saturated rings. The van der Waals surface area contributed by atoms with Crippen molar-refractivity contribution in [3.63, 3.8) is 0 Å². The maximum absolute atomic E-state index is 11.3. The van der Waals surface area contributed by atoms with Crippen LogP contribution in [0, 0.1) is 0 Å². The molecule has 0 saturated heterocycles. The number of carbonyl (C=O) groups excluding carboxylic acids is 1.